The quantitative estimate of drug-likeness (QED) is 0.812. The summed E-state index contributed by atoms with van der Waals surface area (Å²) in [6, 6.07) is 7.22. The first-order chi connectivity index (χ1) is 9.88. The lowest BCUT2D eigenvalue weighted by molar-refractivity contribution is 0.1000. The minimum absolute atomic E-state index is 0.0796. The molecule has 0 aliphatic carbocycles. The minimum Gasteiger partial charge on any atom is -0.508 e. The molecule has 4 nitrogen and oxygen atoms in total. The number of anilines is 1. The molecule has 0 atom stereocenters. The molecule has 0 saturated carbocycles. The molecule has 21 heavy (non-hydrogen) atoms. The van der Waals surface area contributed by atoms with Gasteiger partial charge in [0, 0.05) is 33.9 Å². The average molecular weight is 309 g/mol. The number of carbonyl (C=O) groups is 1. The molecule has 0 fully saturated rings. The van der Waals surface area contributed by atoms with Gasteiger partial charge >= 0.3 is 0 Å². The lowest BCUT2D eigenvalue weighted by atomic mass is 10.1. The Bertz CT molecular complexity index is 704. The van der Waals surface area contributed by atoms with Gasteiger partial charge in [-0.05, 0) is 37.3 Å². The van der Waals surface area contributed by atoms with Crippen LogP contribution in [-0.2, 0) is 6.54 Å². The highest BCUT2D eigenvalue weighted by Gasteiger charge is 2.11. The Labute approximate surface area is 126 Å². The van der Waals surface area contributed by atoms with Crippen molar-refractivity contribution in [2.75, 3.05) is 5.32 Å². The van der Waals surface area contributed by atoms with Crippen LogP contribution < -0.4 is 11.1 Å². The summed E-state index contributed by atoms with van der Waals surface area (Å²) in [6.07, 6.45) is 0. The lowest BCUT2D eigenvalue weighted by Gasteiger charge is -2.13. The van der Waals surface area contributed by atoms with Crippen LogP contribution in [0.2, 0.25) is 5.02 Å². The second-order valence-electron chi connectivity index (χ2n) is 4.62. The van der Waals surface area contributed by atoms with E-state index in [1.807, 2.05) is 0 Å². The van der Waals surface area contributed by atoms with Crippen molar-refractivity contribution in [3.63, 3.8) is 0 Å². The monoisotopic (exact) mass is 308 g/mol. The number of nitrogens with two attached hydrogens (primary N) is 1. The van der Waals surface area contributed by atoms with Crippen LogP contribution in [0.3, 0.4) is 0 Å². The number of halogens is 2. The summed E-state index contributed by atoms with van der Waals surface area (Å²) >= 11 is 5.86. The van der Waals surface area contributed by atoms with Gasteiger partial charge in [0.1, 0.15) is 11.6 Å². The molecule has 1 amide bonds. The van der Waals surface area contributed by atoms with Crippen LogP contribution in [0.1, 0.15) is 21.5 Å². The van der Waals surface area contributed by atoms with E-state index in [0.717, 1.165) is 6.07 Å². The summed E-state index contributed by atoms with van der Waals surface area (Å²) in [5.74, 6) is -1.15. The number of aromatic hydroxyl groups is 1. The smallest absolute Gasteiger partial charge is 0.248 e. The van der Waals surface area contributed by atoms with Crippen LogP contribution in [0.5, 0.6) is 5.75 Å². The molecule has 0 radical (unpaired) electrons. The third-order valence-electron chi connectivity index (χ3n) is 3.14. The van der Waals surface area contributed by atoms with Gasteiger partial charge in [-0.25, -0.2) is 4.39 Å². The number of rotatable bonds is 4. The van der Waals surface area contributed by atoms with Gasteiger partial charge in [-0.15, -0.1) is 0 Å². The van der Waals surface area contributed by atoms with Crippen molar-refractivity contribution < 1.29 is 14.3 Å². The van der Waals surface area contributed by atoms with E-state index in [-0.39, 0.29) is 17.9 Å². The van der Waals surface area contributed by atoms with Gasteiger partial charge in [0.25, 0.3) is 0 Å². The number of carbonyl (C=O) groups excluding carboxylic acids is 1. The molecule has 0 spiro atoms. The highest BCUT2D eigenvalue weighted by molar-refractivity contribution is 6.30. The summed E-state index contributed by atoms with van der Waals surface area (Å²) in [6.45, 7) is 1.81. The maximum absolute atomic E-state index is 13.8. The van der Waals surface area contributed by atoms with Crippen molar-refractivity contribution >= 4 is 23.2 Å². The first kappa shape index (κ1) is 15.1. The zero-order chi connectivity index (χ0) is 15.6. The Morgan fingerprint density at radius 2 is 2.10 bits per heavy atom. The Kier molecular flexibility index (Phi) is 4.33. The Balaban J connectivity index is 2.27. The van der Waals surface area contributed by atoms with Crippen molar-refractivity contribution in [2.24, 2.45) is 5.73 Å². The van der Waals surface area contributed by atoms with E-state index in [4.69, 9.17) is 17.3 Å². The van der Waals surface area contributed by atoms with Gasteiger partial charge in [-0.2, -0.15) is 0 Å². The fourth-order valence-corrected chi connectivity index (χ4v) is 2.09. The fourth-order valence-electron chi connectivity index (χ4n) is 1.89. The van der Waals surface area contributed by atoms with E-state index in [0.29, 0.717) is 21.8 Å². The van der Waals surface area contributed by atoms with Crippen LogP contribution >= 0.6 is 11.6 Å². The molecule has 110 valence electrons. The number of amides is 1. The largest absolute Gasteiger partial charge is 0.508 e. The van der Waals surface area contributed by atoms with Crippen LogP contribution in [0.25, 0.3) is 0 Å². The summed E-state index contributed by atoms with van der Waals surface area (Å²) < 4.78 is 13.8. The molecule has 0 saturated heterocycles. The normalized spacial score (nSPS) is 10.4. The van der Waals surface area contributed by atoms with Gasteiger partial charge < -0.3 is 16.2 Å². The average Bonchev–Trinajstić information content (AvgIpc) is 2.43. The van der Waals surface area contributed by atoms with Crippen molar-refractivity contribution in [3.8, 4) is 5.75 Å². The number of phenols is 1. The minimum atomic E-state index is -0.706. The van der Waals surface area contributed by atoms with Gasteiger partial charge in [0.05, 0.1) is 0 Å². The molecule has 4 N–H and O–H groups in total. The van der Waals surface area contributed by atoms with Gasteiger partial charge in [-0.1, -0.05) is 11.6 Å². The predicted molar refractivity (Wildman–Crippen MR) is 80.1 cm³/mol. The molecule has 0 heterocycles. The number of benzene rings is 2. The number of hydrogen-bond acceptors (Lipinski definition) is 3. The van der Waals surface area contributed by atoms with E-state index < -0.39 is 11.7 Å². The molecule has 0 aliphatic heterocycles. The number of phenolic OH excluding ortho intramolecular Hbond substituents is 1. The molecular weight excluding hydrogens is 295 g/mol. The van der Waals surface area contributed by atoms with Crippen molar-refractivity contribution in [3.05, 3.63) is 57.9 Å². The van der Waals surface area contributed by atoms with Gasteiger partial charge in [0.2, 0.25) is 5.91 Å². The zero-order valence-electron chi connectivity index (χ0n) is 11.3. The maximum atomic E-state index is 13.8. The summed E-state index contributed by atoms with van der Waals surface area (Å²) in [5.41, 5.74) is 6.60. The standard InChI is InChI=1S/C15H14ClFN2O2/c1-8-12(17)5-9(15(18)21)6-13(8)19-7-10-4-11(16)2-3-14(10)20/h2-6,19-20H,7H2,1H3,(H2,18,21). The van der Waals surface area contributed by atoms with E-state index in [1.165, 1.54) is 12.1 Å². The molecule has 2 aromatic carbocycles. The summed E-state index contributed by atoms with van der Waals surface area (Å²) in [5, 5.41) is 13.2. The third-order valence-corrected chi connectivity index (χ3v) is 3.37. The van der Waals surface area contributed by atoms with Crippen LogP contribution in [0.4, 0.5) is 10.1 Å². The van der Waals surface area contributed by atoms with E-state index in [9.17, 15) is 14.3 Å². The molecule has 0 bridgehead atoms. The fraction of sp³-hybridized carbons (Fsp3) is 0.133. The zero-order valence-corrected chi connectivity index (χ0v) is 12.0. The van der Waals surface area contributed by atoms with Gasteiger partial charge in [0.15, 0.2) is 0 Å². The van der Waals surface area contributed by atoms with Crippen LogP contribution in [0.15, 0.2) is 30.3 Å². The molecule has 2 aromatic rings. The second kappa shape index (κ2) is 6.01. The highest BCUT2D eigenvalue weighted by Crippen LogP contribution is 2.25. The third kappa shape index (κ3) is 3.44. The first-order valence-corrected chi connectivity index (χ1v) is 6.57. The van der Waals surface area contributed by atoms with E-state index in [1.54, 1.807) is 19.1 Å². The Morgan fingerprint density at radius 3 is 2.76 bits per heavy atom. The number of nitrogens with one attached hydrogen (secondary N) is 1. The molecule has 0 unspecified atom stereocenters. The molecule has 2 rings (SSSR count). The van der Waals surface area contributed by atoms with Crippen LogP contribution in [0, 0.1) is 12.7 Å². The van der Waals surface area contributed by atoms with Crippen LogP contribution in [-0.4, -0.2) is 11.0 Å². The van der Waals surface area contributed by atoms with Crippen molar-refractivity contribution in [2.45, 2.75) is 13.5 Å². The number of primary amides is 1. The molecule has 0 aromatic heterocycles. The number of hydrogen-bond donors (Lipinski definition) is 3. The SMILES string of the molecule is Cc1c(F)cc(C(N)=O)cc1NCc1cc(Cl)ccc1O. The van der Waals surface area contributed by atoms with E-state index in [2.05, 4.69) is 5.32 Å². The first-order valence-electron chi connectivity index (χ1n) is 6.19. The summed E-state index contributed by atoms with van der Waals surface area (Å²) in [7, 11) is 0. The maximum Gasteiger partial charge on any atom is 0.248 e. The topological polar surface area (TPSA) is 75.4 Å². The van der Waals surface area contributed by atoms with Crippen molar-refractivity contribution in [1.29, 1.82) is 0 Å². The highest BCUT2D eigenvalue weighted by atomic mass is 35.5. The van der Waals surface area contributed by atoms with Crippen molar-refractivity contribution in [1.82, 2.24) is 0 Å². The Morgan fingerprint density at radius 1 is 1.38 bits per heavy atom. The second-order valence-corrected chi connectivity index (χ2v) is 5.06. The Hall–Kier alpha value is -2.27. The van der Waals surface area contributed by atoms with E-state index >= 15 is 0 Å². The lowest BCUT2D eigenvalue weighted by Crippen LogP contribution is -2.13. The summed E-state index contributed by atoms with van der Waals surface area (Å²) in [4.78, 5) is 11.2. The predicted octanol–water partition coefficient (Wildman–Crippen LogP) is 3.20. The molecule has 0 aliphatic rings. The van der Waals surface area contributed by atoms with Gasteiger partial charge in [-0.3, -0.25) is 4.79 Å². The molecular formula is C15H14ClFN2O2. The molecule has 6 heteroatoms.